The minimum atomic E-state index is -0.584. The number of aliphatic hydroxyl groups excluding tert-OH is 1. The maximum Gasteiger partial charge on any atom is 0.0975 e. The summed E-state index contributed by atoms with van der Waals surface area (Å²) in [5.74, 6) is 0. The number of fused-ring (bicyclic) bond motifs is 1. The fourth-order valence-corrected chi connectivity index (χ4v) is 2.27. The van der Waals surface area contributed by atoms with E-state index in [9.17, 15) is 5.11 Å². The van der Waals surface area contributed by atoms with Crippen molar-refractivity contribution in [3.8, 4) is 0 Å². The first-order valence-corrected chi connectivity index (χ1v) is 6.73. The first-order chi connectivity index (χ1) is 9.83. The second-order valence-corrected chi connectivity index (χ2v) is 4.82. The molecule has 0 bridgehead atoms. The predicted molar refractivity (Wildman–Crippen MR) is 84.4 cm³/mol. The largest absolute Gasteiger partial charge is 0.384 e. The molecule has 0 aliphatic rings. The summed E-state index contributed by atoms with van der Waals surface area (Å²) in [4.78, 5) is 0. The van der Waals surface area contributed by atoms with Crippen molar-refractivity contribution in [2.75, 3.05) is 0 Å². The minimum absolute atomic E-state index is 0.584. The number of aliphatic hydroxyl groups is 1. The van der Waals surface area contributed by atoms with Crippen LogP contribution in [-0.4, -0.2) is 5.11 Å². The number of hydrogen-bond donors (Lipinski definition) is 1. The van der Waals surface area contributed by atoms with E-state index in [1.165, 1.54) is 5.39 Å². The van der Waals surface area contributed by atoms with Crippen LogP contribution in [0.2, 0.25) is 0 Å². The molecule has 0 saturated carbocycles. The van der Waals surface area contributed by atoms with E-state index in [1.807, 2.05) is 72.8 Å². The lowest BCUT2D eigenvalue weighted by molar-refractivity contribution is 0.229. The van der Waals surface area contributed by atoms with E-state index in [0.717, 1.165) is 16.5 Å². The van der Waals surface area contributed by atoms with Crippen molar-refractivity contribution in [2.45, 2.75) is 6.10 Å². The van der Waals surface area contributed by atoms with Crippen molar-refractivity contribution in [3.63, 3.8) is 0 Å². The van der Waals surface area contributed by atoms with Gasteiger partial charge in [0, 0.05) is 0 Å². The highest BCUT2D eigenvalue weighted by Crippen LogP contribution is 2.21. The molecule has 98 valence electrons. The zero-order chi connectivity index (χ0) is 13.8. The zero-order valence-electron chi connectivity index (χ0n) is 11.1. The van der Waals surface area contributed by atoms with E-state index in [2.05, 4.69) is 12.1 Å². The SMILES string of the molecule is O[C@@H](/C=C/c1ccccc1)c1ccc2ccccc2c1. The van der Waals surface area contributed by atoms with E-state index in [-0.39, 0.29) is 0 Å². The lowest BCUT2D eigenvalue weighted by Crippen LogP contribution is -1.92. The second kappa shape index (κ2) is 5.72. The highest BCUT2D eigenvalue weighted by Gasteiger charge is 2.04. The Bertz CT molecular complexity index is 729. The van der Waals surface area contributed by atoms with Crippen LogP contribution in [0.25, 0.3) is 16.8 Å². The van der Waals surface area contributed by atoms with Crippen LogP contribution in [0.4, 0.5) is 0 Å². The van der Waals surface area contributed by atoms with Gasteiger partial charge in [-0.05, 0) is 28.0 Å². The zero-order valence-corrected chi connectivity index (χ0v) is 11.1. The van der Waals surface area contributed by atoms with E-state index in [0.29, 0.717) is 0 Å². The molecule has 20 heavy (non-hydrogen) atoms. The van der Waals surface area contributed by atoms with Crippen LogP contribution < -0.4 is 0 Å². The predicted octanol–water partition coefficient (Wildman–Crippen LogP) is 4.59. The van der Waals surface area contributed by atoms with Crippen LogP contribution in [-0.2, 0) is 0 Å². The summed E-state index contributed by atoms with van der Waals surface area (Å²) in [6.45, 7) is 0. The van der Waals surface area contributed by atoms with Crippen molar-refractivity contribution in [1.82, 2.24) is 0 Å². The van der Waals surface area contributed by atoms with Crippen molar-refractivity contribution in [3.05, 3.63) is 90.0 Å². The van der Waals surface area contributed by atoms with Crippen molar-refractivity contribution in [2.24, 2.45) is 0 Å². The minimum Gasteiger partial charge on any atom is -0.384 e. The topological polar surface area (TPSA) is 20.2 Å². The van der Waals surface area contributed by atoms with Crippen LogP contribution in [0.3, 0.4) is 0 Å². The smallest absolute Gasteiger partial charge is 0.0975 e. The van der Waals surface area contributed by atoms with Gasteiger partial charge in [-0.2, -0.15) is 0 Å². The Balaban J connectivity index is 1.85. The molecule has 0 fully saturated rings. The summed E-state index contributed by atoms with van der Waals surface area (Å²) in [7, 11) is 0. The Morgan fingerprint density at radius 3 is 2.25 bits per heavy atom. The van der Waals surface area contributed by atoms with Crippen molar-refractivity contribution >= 4 is 16.8 Å². The summed E-state index contributed by atoms with van der Waals surface area (Å²) < 4.78 is 0. The molecule has 3 rings (SSSR count). The molecule has 1 atom stereocenters. The molecule has 0 aromatic heterocycles. The third-order valence-corrected chi connectivity index (χ3v) is 3.39. The van der Waals surface area contributed by atoms with Crippen molar-refractivity contribution < 1.29 is 5.11 Å². The number of hydrogen-bond acceptors (Lipinski definition) is 1. The first kappa shape index (κ1) is 12.6. The summed E-state index contributed by atoms with van der Waals surface area (Å²) in [5.41, 5.74) is 2.00. The Kier molecular flexibility index (Phi) is 3.62. The van der Waals surface area contributed by atoms with Crippen LogP contribution in [0.1, 0.15) is 17.2 Å². The summed E-state index contributed by atoms with van der Waals surface area (Å²) >= 11 is 0. The summed E-state index contributed by atoms with van der Waals surface area (Å²) in [6.07, 6.45) is 3.18. The molecule has 1 nitrogen and oxygen atoms in total. The fourth-order valence-electron chi connectivity index (χ4n) is 2.27. The number of benzene rings is 3. The molecule has 0 aliphatic carbocycles. The molecule has 3 aromatic carbocycles. The average Bonchev–Trinajstić information content (AvgIpc) is 2.53. The van der Waals surface area contributed by atoms with Gasteiger partial charge in [-0.3, -0.25) is 0 Å². The van der Waals surface area contributed by atoms with E-state index >= 15 is 0 Å². The van der Waals surface area contributed by atoms with Gasteiger partial charge >= 0.3 is 0 Å². The Labute approximate surface area is 118 Å². The van der Waals surface area contributed by atoms with Gasteiger partial charge in [0.15, 0.2) is 0 Å². The highest BCUT2D eigenvalue weighted by atomic mass is 16.3. The summed E-state index contributed by atoms with van der Waals surface area (Å²) in [6, 6.07) is 24.2. The quantitative estimate of drug-likeness (QED) is 0.730. The van der Waals surface area contributed by atoms with Crippen LogP contribution >= 0.6 is 0 Å². The second-order valence-electron chi connectivity index (χ2n) is 4.82. The molecule has 0 heterocycles. The standard InChI is InChI=1S/C19H16O/c20-19(13-10-15-6-2-1-3-7-15)18-12-11-16-8-4-5-9-17(16)14-18/h1-14,19-20H/b13-10+/t19-/m0/s1. The molecule has 0 amide bonds. The highest BCUT2D eigenvalue weighted by molar-refractivity contribution is 5.83. The third kappa shape index (κ3) is 2.79. The van der Waals surface area contributed by atoms with Gasteiger partial charge in [0.25, 0.3) is 0 Å². The maximum absolute atomic E-state index is 10.3. The van der Waals surface area contributed by atoms with Gasteiger partial charge in [-0.1, -0.05) is 78.9 Å². The Hall–Kier alpha value is -2.38. The third-order valence-electron chi connectivity index (χ3n) is 3.39. The Morgan fingerprint density at radius 1 is 0.750 bits per heavy atom. The molecule has 0 radical (unpaired) electrons. The molecule has 0 spiro atoms. The maximum atomic E-state index is 10.3. The lowest BCUT2D eigenvalue weighted by Gasteiger charge is -2.07. The molecular weight excluding hydrogens is 244 g/mol. The van der Waals surface area contributed by atoms with Crippen molar-refractivity contribution in [1.29, 1.82) is 0 Å². The van der Waals surface area contributed by atoms with E-state index in [1.54, 1.807) is 0 Å². The number of rotatable bonds is 3. The fraction of sp³-hybridized carbons (Fsp3) is 0.0526. The van der Waals surface area contributed by atoms with Gasteiger partial charge in [-0.25, -0.2) is 0 Å². The molecule has 1 heteroatoms. The van der Waals surface area contributed by atoms with Gasteiger partial charge < -0.3 is 5.11 Å². The van der Waals surface area contributed by atoms with Crippen LogP contribution in [0.15, 0.2) is 78.9 Å². The van der Waals surface area contributed by atoms with Gasteiger partial charge in [0.1, 0.15) is 0 Å². The molecule has 0 saturated heterocycles. The van der Waals surface area contributed by atoms with E-state index < -0.39 is 6.10 Å². The molecule has 3 aromatic rings. The first-order valence-electron chi connectivity index (χ1n) is 6.73. The summed E-state index contributed by atoms with van der Waals surface area (Å²) in [5, 5.41) is 12.6. The van der Waals surface area contributed by atoms with Gasteiger partial charge in [-0.15, -0.1) is 0 Å². The molecular formula is C19H16O. The van der Waals surface area contributed by atoms with Crippen LogP contribution in [0, 0.1) is 0 Å². The Morgan fingerprint density at radius 2 is 1.45 bits per heavy atom. The molecule has 0 aliphatic heterocycles. The average molecular weight is 260 g/mol. The molecule has 1 N–H and O–H groups in total. The van der Waals surface area contributed by atoms with Crippen LogP contribution in [0.5, 0.6) is 0 Å². The monoisotopic (exact) mass is 260 g/mol. The van der Waals surface area contributed by atoms with Gasteiger partial charge in [0.2, 0.25) is 0 Å². The molecule has 0 unspecified atom stereocenters. The van der Waals surface area contributed by atoms with Gasteiger partial charge in [0.05, 0.1) is 6.10 Å². The normalized spacial score (nSPS) is 12.8. The van der Waals surface area contributed by atoms with E-state index in [4.69, 9.17) is 0 Å². The lowest BCUT2D eigenvalue weighted by atomic mass is 10.0.